The third-order valence-corrected chi connectivity index (χ3v) is 3.56. The van der Waals surface area contributed by atoms with E-state index in [4.69, 9.17) is 0 Å². The molecule has 1 amide bonds. The molecule has 0 saturated carbocycles. The lowest BCUT2D eigenvalue weighted by Crippen LogP contribution is -2.13. The number of carbonyl (C=O) groups excluding carboxylic acids is 1. The number of nitrogens with one attached hydrogen (secondary N) is 1. The van der Waals surface area contributed by atoms with E-state index in [-0.39, 0.29) is 17.5 Å². The minimum atomic E-state index is -0.276. The van der Waals surface area contributed by atoms with Gasteiger partial charge in [0.05, 0.1) is 5.75 Å². The molecule has 1 aromatic carbocycles. The molecule has 6 heteroatoms. The van der Waals surface area contributed by atoms with E-state index in [2.05, 4.69) is 10.3 Å². The Morgan fingerprint density at radius 3 is 2.82 bits per heavy atom. The quantitative estimate of drug-likeness (QED) is 0.867. The molecular weight excluding hydrogens is 259 g/mol. The van der Waals surface area contributed by atoms with Crippen molar-refractivity contribution < 1.29 is 9.18 Å². The van der Waals surface area contributed by atoms with Crippen molar-refractivity contribution in [3.63, 3.8) is 0 Å². The molecule has 0 radical (unpaired) electrons. The number of nitrogens with zero attached hydrogens (tertiary/aromatic N) is 1. The molecule has 1 aromatic heterocycles. The van der Waals surface area contributed by atoms with Crippen LogP contribution in [0.1, 0.15) is 0 Å². The zero-order valence-electron chi connectivity index (χ0n) is 8.72. The molecule has 1 heterocycles. The van der Waals surface area contributed by atoms with Crippen LogP contribution in [-0.2, 0) is 4.79 Å². The van der Waals surface area contributed by atoms with Crippen molar-refractivity contribution in [3.8, 4) is 0 Å². The average molecular weight is 268 g/mol. The fourth-order valence-electron chi connectivity index (χ4n) is 1.12. The van der Waals surface area contributed by atoms with Crippen LogP contribution < -0.4 is 5.32 Å². The highest BCUT2D eigenvalue weighted by Gasteiger charge is 2.05. The Kier molecular flexibility index (Phi) is 4.11. The predicted molar refractivity (Wildman–Crippen MR) is 67.9 cm³/mol. The lowest BCUT2D eigenvalue weighted by Gasteiger charge is -2.01. The Labute approximate surface area is 106 Å². The maximum atomic E-state index is 12.6. The predicted octanol–water partition coefficient (Wildman–Crippen LogP) is 3.01. The van der Waals surface area contributed by atoms with E-state index in [9.17, 15) is 9.18 Å². The Bertz CT molecular complexity index is 485. The molecule has 2 rings (SSSR count). The highest BCUT2D eigenvalue weighted by molar-refractivity contribution is 8.00. The number of carbonyl (C=O) groups is 1. The van der Waals surface area contributed by atoms with E-state index in [1.54, 1.807) is 23.7 Å². The van der Waals surface area contributed by atoms with Gasteiger partial charge in [-0.1, -0.05) is 0 Å². The summed E-state index contributed by atoms with van der Waals surface area (Å²) in [4.78, 5) is 16.3. The molecule has 0 saturated heterocycles. The summed E-state index contributed by atoms with van der Waals surface area (Å²) in [5.74, 6) is -0.110. The summed E-state index contributed by atoms with van der Waals surface area (Å²) in [6, 6.07) is 6.05. The van der Waals surface area contributed by atoms with Gasteiger partial charge in [-0.15, -0.1) is 23.1 Å². The van der Waals surface area contributed by atoms with Gasteiger partial charge in [0.25, 0.3) is 0 Å². The maximum Gasteiger partial charge on any atom is 0.236 e. The molecule has 0 atom stereocenters. The highest BCUT2D eigenvalue weighted by atomic mass is 32.2. The van der Waals surface area contributed by atoms with Crippen molar-refractivity contribution in [2.75, 3.05) is 11.1 Å². The van der Waals surface area contributed by atoms with Gasteiger partial charge in [0.1, 0.15) is 5.82 Å². The van der Waals surface area contributed by atoms with E-state index >= 15 is 0 Å². The van der Waals surface area contributed by atoms with Gasteiger partial charge >= 0.3 is 0 Å². The zero-order valence-corrected chi connectivity index (χ0v) is 10.4. The van der Waals surface area contributed by atoms with Crippen LogP contribution in [0.4, 0.5) is 9.52 Å². The van der Waals surface area contributed by atoms with Crippen LogP contribution in [0.2, 0.25) is 0 Å². The largest absolute Gasteiger partial charge is 0.301 e. The van der Waals surface area contributed by atoms with Gasteiger partial charge in [-0.25, -0.2) is 9.37 Å². The highest BCUT2D eigenvalue weighted by Crippen LogP contribution is 2.18. The van der Waals surface area contributed by atoms with Crippen molar-refractivity contribution in [1.82, 2.24) is 4.98 Å². The lowest BCUT2D eigenvalue weighted by atomic mass is 10.4. The summed E-state index contributed by atoms with van der Waals surface area (Å²) in [7, 11) is 0. The van der Waals surface area contributed by atoms with Gasteiger partial charge in [0, 0.05) is 16.5 Å². The normalized spacial score (nSPS) is 10.2. The van der Waals surface area contributed by atoms with Crippen LogP contribution in [0.5, 0.6) is 0 Å². The first-order valence-corrected chi connectivity index (χ1v) is 6.68. The Hall–Kier alpha value is -1.40. The first-order valence-electron chi connectivity index (χ1n) is 4.82. The first kappa shape index (κ1) is 12.1. The van der Waals surface area contributed by atoms with Crippen molar-refractivity contribution in [2.24, 2.45) is 0 Å². The average Bonchev–Trinajstić information content (AvgIpc) is 2.81. The van der Waals surface area contributed by atoms with E-state index in [1.165, 1.54) is 35.2 Å². The second kappa shape index (κ2) is 5.79. The molecule has 0 aliphatic heterocycles. The van der Waals surface area contributed by atoms with Crippen LogP contribution in [0.3, 0.4) is 0 Å². The third-order valence-electron chi connectivity index (χ3n) is 1.86. The van der Waals surface area contributed by atoms with Crippen LogP contribution in [0, 0.1) is 5.82 Å². The molecule has 17 heavy (non-hydrogen) atoms. The fraction of sp³-hybridized carbons (Fsp3) is 0.0909. The van der Waals surface area contributed by atoms with Crippen molar-refractivity contribution in [2.45, 2.75) is 4.90 Å². The van der Waals surface area contributed by atoms with Crippen LogP contribution >= 0.6 is 23.1 Å². The number of hydrogen-bond acceptors (Lipinski definition) is 4. The molecule has 0 aliphatic rings. The van der Waals surface area contributed by atoms with E-state index in [1.807, 2.05) is 0 Å². The van der Waals surface area contributed by atoms with Crippen LogP contribution in [0.25, 0.3) is 0 Å². The number of benzene rings is 1. The Morgan fingerprint density at radius 2 is 2.18 bits per heavy atom. The maximum absolute atomic E-state index is 12.6. The van der Waals surface area contributed by atoms with E-state index < -0.39 is 0 Å². The standard InChI is InChI=1S/C11H9FN2OS2/c12-8-1-3-9(4-2-8)17-7-10(15)14-11-13-5-6-16-11/h1-6H,7H2,(H,13,14,15). The first-order chi connectivity index (χ1) is 8.24. The van der Waals surface area contributed by atoms with Gasteiger partial charge < -0.3 is 5.32 Å². The number of thiazole rings is 1. The summed E-state index contributed by atoms with van der Waals surface area (Å²) in [5, 5.41) is 5.06. The van der Waals surface area contributed by atoms with Crippen LogP contribution in [0.15, 0.2) is 40.7 Å². The lowest BCUT2D eigenvalue weighted by molar-refractivity contribution is -0.113. The summed E-state index contributed by atoms with van der Waals surface area (Å²) in [5.41, 5.74) is 0. The molecule has 2 aromatic rings. The van der Waals surface area contributed by atoms with Crippen LogP contribution in [-0.4, -0.2) is 16.6 Å². The van der Waals surface area contributed by atoms with Crippen molar-refractivity contribution in [1.29, 1.82) is 0 Å². The summed E-state index contributed by atoms with van der Waals surface area (Å²) in [6.07, 6.45) is 1.63. The summed E-state index contributed by atoms with van der Waals surface area (Å²) < 4.78 is 12.6. The van der Waals surface area contributed by atoms with E-state index in [0.717, 1.165) is 4.90 Å². The molecule has 1 N–H and O–H groups in total. The molecule has 0 unspecified atom stereocenters. The molecule has 0 spiro atoms. The van der Waals surface area contributed by atoms with Gasteiger partial charge in [0.15, 0.2) is 5.13 Å². The number of rotatable bonds is 4. The number of anilines is 1. The number of thioether (sulfide) groups is 1. The zero-order chi connectivity index (χ0) is 12.1. The molecule has 88 valence electrons. The van der Waals surface area contributed by atoms with Gasteiger partial charge in [0.2, 0.25) is 5.91 Å². The van der Waals surface area contributed by atoms with E-state index in [0.29, 0.717) is 5.13 Å². The number of halogens is 1. The number of amides is 1. The Balaban J connectivity index is 1.82. The van der Waals surface area contributed by atoms with Crippen molar-refractivity contribution in [3.05, 3.63) is 41.7 Å². The van der Waals surface area contributed by atoms with Gasteiger partial charge in [-0.2, -0.15) is 0 Å². The molecule has 0 bridgehead atoms. The smallest absolute Gasteiger partial charge is 0.236 e. The molecular formula is C11H9FN2OS2. The van der Waals surface area contributed by atoms with Gasteiger partial charge in [-0.05, 0) is 24.3 Å². The minimum Gasteiger partial charge on any atom is -0.301 e. The molecule has 3 nitrogen and oxygen atoms in total. The topological polar surface area (TPSA) is 42.0 Å². The number of aromatic nitrogens is 1. The second-order valence-corrected chi connectivity index (χ2v) is 5.07. The monoisotopic (exact) mass is 268 g/mol. The number of hydrogen-bond donors (Lipinski definition) is 1. The molecule has 0 aliphatic carbocycles. The fourth-order valence-corrected chi connectivity index (χ4v) is 2.36. The SMILES string of the molecule is O=C(CSc1ccc(F)cc1)Nc1nccs1. The minimum absolute atomic E-state index is 0.116. The molecule has 0 fully saturated rings. The summed E-state index contributed by atoms with van der Waals surface area (Å²) >= 11 is 2.73. The third kappa shape index (κ3) is 3.83. The van der Waals surface area contributed by atoms with Gasteiger partial charge in [-0.3, -0.25) is 4.79 Å². The second-order valence-electron chi connectivity index (χ2n) is 3.13. The van der Waals surface area contributed by atoms with Crippen molar-refractivity contribution >= 4 is 34.1 Å². The Morgan fingerprint density at radius 1 is 1.41 bits per heavy atom. The summed E-state index contributed by atoms with van der Waals surface area (Å²) in [6.45, 7) is 0.